The minimum atomic E-state index is 0.378. The fourth-order valence-electron chi connectivity index (χ4n) is 2.44. The van der Waals surface area contributed by atoms with Gasteiger partial charge in [-0.1, -0.05) is 30.3 Å². The van der Waals surface area contributed by atoms with Crippen LogP contribution in [0.2, 0.25) is 0 Å². The Morgan fingerprint density at radius 3 is 2.62 bits per heavy atom. The van der Waals surface area contributed by atoms with E-state index in [0.717, 1.165) is 22.7 Å². The maximum Gasteiger partial charge on any atom is 0.248 e. The Morgan fingerprint density at radius 2 is 1.81 bits per heavy atom. The van der Waals surface area contributed by atoms with E-state index < -0.39 is 0 Å². The molecule has 0 spiro atoms. The van der Waals surface area contributed by atoms with Crippen LogP contribution in [-0.2, 0) is 0 Å². The molecule has 0 fully saturated rings. The molecule has 2 N–H and O–H groups in total. The lowest BCUT2D eigenvalue weighted by Gasteiger charge is -2.08. The number of anilines is 2. The molecule has 7 nitrogen and oxygen atoms in total. The van der Waals surface area contributed by atoms with Crippen molar-refractivity contribution in [3.63, 3.8) is 0 Å². The molecule has 0 atom stereocenters. The van der Waals surface area contributed by atoms with Crippen molar-refractivity contribution in [3.8, 4) is 22.8 Å². The summed E-state index contributed by atoms with van der Waals surface area (Å²) in [5.74, 6) is 2.53. The molecule has 4 rings (SSSR count). The predicted molar refractivity (Wildman–Crippen MR) is 102 cm³/mol. The quantitative estimate of drug-likeness (QED) is 0.540. The molecule has 0 unspecified atom stereocenters. The van der Waals surface area contributed by atoms with Gasteiger partial charge in [0, 0.05) is 5.56 Å². The molecule has 126 valence electrons. The molecule has 0 saturated carbocycles. The molecule has 0 aliphatic rings. The molecule has 0 saturated heterocycles. The average Bonchev–Trinajstić information content (AvgIpc) is 3.08. The number of hydrogen-bond donors (Lipinski definition) is 2. The number of aromatic amines is 1. The van der Waals surface area contributed by atoms with Crippen LogP contribution in [0, 0.1) is 0 Å². The Balaban J connectivity index is 1.57. The van der Waals surface area contributed by atoms with Gasteiger partial charge in [-0.3, -0.25) is 5.10 Å². The van der Waals surface area contributed by atoms with E-state index in [1.165, 1.54) is 0 Å². The third-order valence-electron chi connectivity index (χ3n) is 3.61. The second-order valence-electron chi connectivity index (χ2n) is 5.67. The smallest absolute Gasteiger partial charge is 0.248 e. The number of ether oxygens (including phenoxy) is 1. The van der Waals surface area contributed by atoms with Crippen LogP contribution in [-0.4, -0.2) is 33.2 Å². The summed E-state index contributed by atoms with van der Waals surface area (Å²) in [6, 6.07) is 19.2. The number of rotatable bonds is 5. The van der Waals surface area contributed by atoms with E-state index in [2.05, 4.69) is 30.7 Å². The first-order valence-electron chi connectivity index (χ1n) is 8.08. The SMILES string of the molecule is Bc1cc(Nc2nncc(-c3cccc(Oc4ccccc4)c3)n2)n[nH]1. The zero-order valence-electron chi connectivity index (χ0n) is 14.0. The van der Waals surface area contributed by atoms with Gasteiger partial charge in [-0.2, -0.15) is 10.2 Å². The van der Waals surface area contributed by atoms with E-state index >= 15 is 0 Å². The molecule has 0 radical (unpaired) electrons. The Morgan fingerprint density at radius 1 is 0.962 bits per heavy atom. The van der Waals surface area contributed by atoms with Crippen molar-refractivity contribution in [2.75, 3.05) is 5.32 Å². The van der Waals surface area contributed by atoms with E-state index in [1.807, 2.05) is 68.5 Å². The number of aromatic nitrogens is 5. The maximum absolute atomic E-state index is 5.88. The Bertz CT molecular complexity index is 1020. The Labute approximate surface area is 150 Å². The minimum Gasteiger partial charge on any atom is -0.457 e. The predicted octanol–water partition coefficient (Wildman–Crippen LogP) is 2.06. The van der Waals surface area contributed by atoms with Crippen LogP contribution < -0.4 is 15.6 Å². The highest BCUT2D eigenvalue weighted by Gasteiger charge is 2.07. The average molecular weight is 342 g/mol. The van der Waals surface area contributed by atoms with Crippen LogP contribution in [0.1, 0.15) is 0 Å². The first-order valence-corrected chi connectivity index (χ1v) is 8.08. The van der Waals surface area contributed by atoms with Gasteiger partial charge in [0.15, 0.2) is 13.7 Å². The summed E-state index contributed by atoms with van der Waals surface area (Å²) in [7, 11) is 1.92. The summed E-state index contributed by atoms with van der Waals surface area (Å²) in [4.78, 5) is 4.50. The van der Waals surface area contributed by atoms with Crippen LogP contribution in [0.3, 0.4) is 0 Å². The molecule has 2 aromatic heterocycles. The summed E-state index contributed by atoms with van der Waals surface area (Å²) < 4.78 is 5.88. The lowest BCUT2D eigenvalue weighted by atomic mass is 10.1. The summed E-state index contributed by atoms with van der Waals surface area (Å²) >= 11 is 0. The van der Waals surface area contributed by atoms with Crippen LogP contribution in [0.25, 0.3) is 11.3 Å². The highest BCUT2D eigenvalue weighted by Crippen LogP contribution is 2.26. The molecule has 0 amide bonds. The van der Waals surface area contributed by atoms with E-state index in [-0.39, 0.29) is 0 Å². The van der Waals surface area contributed by atoms with Crippen molar-refractivity contribution in [3.05, 3.63) is 66.9 Å². The topological polar surface area (TPSA) is 88.6 Å². The number of benzene rings is 2. The number of hydrogen-bond acceptors (Lipinski definition) is 6. The van der Waals surface area contributed by atoms with Crippen molar-refractivity contribution in [1.29, 1.82) is 0 Å². The fraction of sp³-hybridized carbons (Fsp3) is 0. The van der Waals surface area contributed by atoms with E-state index in [1.54, 1.807) is 6.20 Å². The molecule has 2 heterocycles. The zero-order chi connectivity index (χ0) is 17.8. The molecular weight excluding hydrogens is 327 g/mol. The van der Waals surface area contributed by atoms with Gasteiger partial charge in [-0.15, -0.1) is 5.10 Å². The van der Waals surface area contributed by atoms with Gasteiger partial charge in [-0.05, 0) is 35.9 Å². The van der Waals surface area contributed by atoms with Crippen molar-refractivity contribution in [1.82, 2.24) is 25.4 Å². The normalized spacial score (nSPS) is 10.5. The van der Waals surface area contributed by atoms with Crippen LogP contribution >= 0.6 is 0 Å². The Hall–Kier alpha value is -3.68. The molecule has 0 aliphatic carbocycles. The van der Waals surface area contributed by atoms with Crippen molar-refractivity contribution < 1.29 is 4.74 Å². The molecule has 26 heavy (non-hydrogen) atoms. The van der Waals surface area contributed by atoms with Gasteiger partial charge < -0.3 is 10.1 Å². The van der Waals surface area contributed by atoms with Gasteiger partial charge in [-0.25, -0.2) is 4.98 Å². The molecule has 8 heteroatoms. The summed E-state index contributed by atoms with van der Waals surface area (Å²) in [5, 5.41) is 18.0. The van der Waals surface area contributed by atoms with E-state index in [4.69, 9.17) is 4.74 Å². The van der Waals surface area contributed by atoms with Crippen molar-refractivity contribution in [2.45, 2.75) is 0 Å². The van der Waals surface area contributed by atoms with E-state index in [0.29, 0.717) is 17.5 Å². The summed E-state index contributed by atoms with van der Waals surface area (Å²) in [5.41, 5.74) is 2.52. The van der Waals surface area contributed by atoms with Gasteiger partial charge in [0.05, 0.1) is 11.9 Å². The maximum atomic E-state index is 5.88. The van der Waals surface area contributed by atoms with Crippen molar-refractivity contribution >= 4 is 25.2 Å². The van der Waals surface area contributed by atoms with Crippen molar-refractivity contribution in [2.24, 2.45) is 0 Å². The molecule has 0 bridgehead atoms. The molecule has 2 aromatic carbocycles. The summed E-state index contributed by atoms with van der Waals surface area (Å²) in [6.45, 7) is 0. The van der Waals surface area contributed by atoms with Gasteiger partial charge in [0.25, 0.3) is 0 Å². The first-order chi connectivity index (χ1) is 12.8. The lowest BCUT2D eigenvalue weighted by molar-refractivity contribution is 0.483. The van der Waals surface area contributed by atoms with Gasteiger partial charge >= 0.3 is 0 Å². The standard InChI is InChI=1S/C18H15BN6O/c19-16-10-17(24-23-16)22-18-21-15(11-20-25-18)12-5-4-8-14(9-12)26-13-6-2-1-3-7-13/h1-11H,19H2,(H2,21,22,23,24,25). The van der Waals surface area contributed by atoms with Crippen LogP contribution in [0.5, 0.6) is 11.5 Å². The third kappa shape index (κ3) is 3.69. The van der Waals surface area contributed by atoms with Crippen LogP contribution in [0.15, 0.2) is 66.9 Å². The molecular formula is C18H15BN6O. The summed E-state index contributed by atoms with van der Waals surface area (Å²) in [6.07, 6.45) is 1.61. The van der Waals surface area contributed by atoms with E-state index in [9.17, 15) is 0 Å². The third-order valence-corrected chi connectivity index (χ3v) is 3.61. The fourth-order valence-corrected chi connectivity index (χ4v) is 2.44. The lowest BCUT2D eigenvalue weighted by Crippen LogP contribution is -2.01. The monoisotopic (exact) mass is 342 g/mol. The highest BCUT2D eigenvalue weighted by atomic mass is 16.5. The first kappa shape index (κ1) is 15.8. The number of para-hydroxylation sites is 1. The molecule has 0 aliphatic heterocycles. The second kappa shape index (κ2) is 7.06. The highest BCUT2D eigenvalue weighted by molar-refractivity contribution is 6.30. The van der Waals surface area contributed by atoms with Gasteiger partial charge in [0.2, 0.25) is 5.95 Å². The van der Waals surface area contributed by atoms with Crippen LogP contribution in [0.4, 0.5) is 11.8 Å². The number of H-pyrrole nitrogens is 1. The zero-order valence-corrected chi connectivity index (χ0v) is 14.0. The second-order valence-corrected chi connectivity index (χ2v) is 5.67. The molecule has 4 aromatic rings. The largest absolute Gasteiger partial charge is 0.457 e. The van der Waals surface area contributed by atoms with Gasteiger partial charge in [0.1, 0.15) is 11.5 Å². The number of nitrogens with zero attached hydrogens (tertiary/aromatic N) is 4. The Kier molecular flexibility index (Phi) is 4.30. The minimum absolute atomic E-state index is 0.378. The number of nitrogens with one attached hydrogen (secondary N) is 2.